The summed E-state index contributed by atoms with van der Waals surface area (Å²) in [5.41, 5.74) is 18.0. The maximum Gasteiger partial charge on any atom is 0.136 e. The Labute approximate surface area is 365 Å². The Morgan fingerprint density at radius 2 is 0.714 bits per heavy atom. The van der Waals surface area contributed by atoms with Crippen LogP contribution >= 0.6 is 0 Å². The van der Waals surface area contributed by atoms with Gasteiger partial charge in [0.1, 0.15) is 22.3 Å². The first-order valence-corrected chi connectivity index (χ1v) is 21.4. The fourth-order valence-electron chi connectivity index (χ4n) is 9.24. The molecule has 0 spiro atoms. The van der Waals surface area contributed by atoms with Crippen molar-refractivity contribution in [3.05, 3.63) is 237 Å². The van der Waals surface area contributed by atoms with Gasteiger partial charge in [-0.3, -0.25) is 0 Å². The first-order valence-electron chi connectivity index (χ1n) is 21.4. The van der Waals surface area contributed by atoms with Crippen LogP contribution in [0, 0.1) is 0 Å². The SMILES string of the molecule is c1ccc(-c2ccc(-c3c(-c4ccc5c(c4)oc4ccccc45)cccc3N(c3cccc(-c4ccccc4)c3)c3cccc(-c4ccc5oc6ccccc6c5c4)c3)cc2)cc1. The van der Waals surface area contributed by atoms with Crippen molar-refractivity contribution in [1.29, 1.82) is 0 Å². The van der Waals surface area contributed by atoms with Crippen LogP contribution in [0.5, 0.6) is 0 Å². The smallest absolute Gasteiger partial charge is 0.136 e. The van der Waals surface area contributed by atoms with Crippen LogP contribution in [0.1, 0.15) is 0 Å². The van der Waals surface area contributed by atoms with Gasteiger partial charge < -0.3 is 13.7 Å². The van der Waals surface area contributed by atoms with Gasteiger partial charge in [0.15, 0.2) is 0 Å². The zero-order valence-corrected chi connectivity index (χ0v) is 34.3. The second-order valence-electron chi connectivity index (χ2n) is 16.1. The normalized spacial score (nSPS) is 11.5. The van der Waals surface area contributed by atoms with Crippen molar-refractivity contribution >= 4 is 60.9 Å². The van der Waals surface area contributed by atoms with Gasteiger partial charge in [0.2, 0.25) is 0 Å². The third-order valence-corrected chi connectivity index (χ3v) is 12.3. The number of rotatable bonds is 8. The molecule has 0 aliphatic heterocycles. The van der Waals surface area contributed by atoms with E-state index in [4.69, 9.17) is 8.83 Å². The number of nitrogens with zero attached hydrogens (tertiary/aromatic N) is 1. The highest BCUT2D eigenvalue weighted by atomic mass is 16.3. The molecule has 12 rings (SSSR count). The predicted octanol–water partition coefficient (Wildman–Crippen LogP) is 17.3. The van der Waals surface area contributed by atoms with Crippen molar-refractivity contribution in [2.24, 2.45) is 0 Å². The number of hydrogen-bond donors (Lipinski definition) is 0. The summed E-state index contributed by atoms with van der Waals surface area (Å²) in [4.78, 5) is 2.42. The first-order chi connectivity index (χ1) is 31.2. The molecule has 0 N–H and O–H groups in total. The quantitative estimate of drug-likeness (QED) is 0.153. The van der Waals surface area contributed by atoms with Crippen LogP contribution in [-0.2, 0) is 0 Å². The minimum atomic E-state index is 0.868. The average Bonchev–Trinajstić information content (AvgIpc) is 3.93. The largest absolute Gasteiger partial charge is 0.456 e. The van der Waals surface area contributed by atoms with E-state index in [2.05, 4.69) is 217 Å². The molecule has 0 bridgehead atoms. The van der Waals surface area contributed by atoms with Crippen LogP contribution in [0.25, 0.3) is 99.5 Å². The molecule has 296 valence electrons. The van der Waals surface area contributed by atoms with E-state index in [1.165, 1.54) is 16.7 Å². The lowest BCUT2D eigenvalue weighted by Crippen LogP contribution is -2.12. The summed E-state index contributed by atoms with van der Waals surface area (Å²) in [6.07, 6.45) is 0. The predicted molar refractivity (Wildman–Crippen MR) is 263 cm³/mol. The van der Waals surface area contributed by atoms with Crippen LogP contribution in [0.3, 0.4) is 0 Å². The molecule has 0 saturated heterocycles. The lowest BCUT2D eigenvalue weighted by atomic mass is 9.90. The Morgan fingerprint density at radius 1 is 0.254 bits per heavy atom. The average molecular weight is 806 g/mol. The lowest BCUT2D eigenvalue weighted by Gasteiger charge is -2.30. The summed E-state index contributed by atoms with van der Waals surface area (Å²) >= 11 is 0. The molecule has 12 aromatic rings. The van der Waals surface area contributed by atoms with Crippen molar-refractivity contribution in [2.75, 3.05) is 4.90 Å². The van der Waals surface area contributed by atoms with Crippen LogP contribution in [-0.4, -0.2) is 0 Å². The molecule has 0 aliphatic carbocycles. The molecule has 2 aromatic heterocycles. The van der Waals surface area contributed by atoms with E-state index in [0.29, 0.717) is 0 Å². The molecule has 0 amide bonds. The highest BCUT2D eigenvalue weighted by molar-refractivity contribution is 6.08. The molecule has 2 heterocycles. The van der Waals surface area contributed by atoms with E-state index < -0.39 is 0 Å². The van der Waals surface area contributed by atoms with E-state index in [-0.39, 0.29) is 0 Å². The Bertz CT molecular complexity index is 3620. The van der Waals surface area contributed by atoms with Gasteiger partial charge in [0, 0.05) is 38.5 Å². The summed E-state index contributed by atoms with van der Waals surface area (Å²) in [7, 11) is 0. The third-order valence-electron chi connectivity index (χ3n) is 12.3. The monoisotopic (exact) mass is 805 g/mol. The van der Waals surface area contributed by atoms with Crippen molar-refractivity contribution < 1.29 is 8.83 Å². The maximum absolute atomic E-state index is 6.48. The molecule has 0 radical (unpaired) electrons. The summed E-state index contributed by atoms with van der Waals surface area (Å²) in [6, 6.07) is 84.4. The highest BCUT2D eigenvalue weighted by Crippen LogP contribution is 2.48. The van der Waals surface area contributed by atoms with E-state index in [0.717, 1.165) is 99.9 Å². The minimum absolute atomic E-state index is 0.868. The zero-order valence-electron chi connectivity index (χ0n) is 34.3. The van der Waals surface area contributed by atoms with Crippen molar-refractivity contribution in [2.45, 2.75) is 0 Å². The Kier molecular flexibility index (Phi) is 8.83. The molecular weight excluding hydrogens is 767 g/mol. The van der Waals surface area contributed by atoms with Crippen LogP contribution in [0.15, 0.2) is 245 Å². The molecule has 0 saturated carbocycles. The van der Waals surface area contributed by atoms with Gasteiger partial charge in [-0.05, 0) is 117 Å². The number of benzene rings is 10. The van der Waals surface area contributed by atoms with E-state index in [9.17, 15) is 0 Å². The van der Waals surface area contributed by atoms with Crippen LogP contribution in [0.4, 0.5) is 17.1 Å². The number of hydrogen-bond acceptors (Lipinski definition) is 3. The summed E-state index contributed by atoms with van der Waals surface area (Å²) < 4.78 is 12.7. The third kappa shape index (κ3) is 6.55. The minimum Gasteiger partial charge on any atom is -0.456 e. The van der Waals surface area contributed by atoms with Gasteiger partial charge >= 0.3 is 0 Å². The number of furan rings is 2. The fourth-order valence-corrected chi connectivity index (χ4v) is 9.24. The van der Waals surface area contributed by atoms with E-state index >= 15 is 0 Å². The Balaban J connectivity index is 1.09. The van der Waals surface area contributed by atoms with Gasteiger partial charge in [0.25, 0.3) is 0 Å². The molecule has 0 aliphatic rings. The molecule has 0 unspecified atom stereocenters. The highest BCUT2D eigenvalue weighted by Gasteiger charge is 2.23. The number of para-hydroxylation sites is 2. The number of anilines is 3. The van der Waals surface area contributed by atoms with Crippen LogP contribution in [0.2, 0.25) is 0 Å². The molecule has 3 nitrogen and oxygen atoms in total. The van der Waals surface area contributed by atoms with Crippen molar-refractivity contribution in [3.63, 3.8) is 0 Å². The van der Waals surface area contributed by atoms with E-state index in [1.807, 2.05) is 24.3 Å². The number of fused-ring (bicyclic) bond motifs is 6. The lowest BCUT2D eigenvalue weighted by molar-refractivity contribution is 0.668. The molecule has 63 heavy (non-hydrogen) atoms. The fraction of sp³-hybridized carbons (Fsp3) is 0. The zero-order chi connectivity index (χ0) is 41.7. The van der Waals surface area contributed by atoms with Gasteiger partial charge in [0.05, 0.1) is 5.69 Å². The molecule has 3 heteroatoms. The Hall–Kier alpha value is -8.40. The molecule has 10 aromatic carbocycles. The van der Waals surface area contributed by atoms with E-state index in [1.54, 1.807) is 0 Å². The standard InChI is InChI=1S/C60H39NO2/c1-3-14-40(15-4-1)42-28-30-43(31-29-42)60-50(47-32-34-53-51-22-7-9-26-56(51)63-59(53)39-47)24-13-25-55(60)61(48-20-11-18-44(36-48)41-16-5-2-6-17-41)49-21-12-19-45(37-49)46-33-35-58-54(38-46)52-23-8-10-27-57(52)62-58/h1-39H. The van der Waals surface area contributed by atoms with Crippen LogP contribution < -0.4 is 4.90 Å². The van der Waals surface area contributed by atoms with Gasteiger partial charge in [-0.15, -0.1) is 0 Å². The van der Waals surface area contributed by atoms with Gasteiger partial charge in [-0.25, -0.2) is 0 Å². The van der Waals surface area contributed by atoms with Gasteiger partial charge in [-0.1, -0.05) is 170 Å². The second-order valence-corrected chi connectivity index (χ2v) is 16.1. The summed E-state index contributed by atoms with van der Waals surface area (Å²) in [5.74, 6) is 0. The first kappa shape index (κ1) is 36.5. The maximum atomic E-state index is 6.48. The topological polar surface area (TPSA) is 29.5 Å². The summed E-state index contributed by atoms with van der Waals surface area (Å²) in [5, 5.41) is 4.45. The van der Waals surface area contributed by atoms with Gasteiger partial charge in [-0.2, -0.15) is 0 Å². The van der Waals surface area contributed by atoms with Crippen molar-refractivity contribution in [1.82, 2.24) is 0 Å². The molecule has 0 atom stereocenters. The Morgan fingerprint density at radius 3 is 1.41 bits per heavy atom. The van der Waals surface area contributed by atoms with Crippen molar-refractivity contribution in [3.8, 4) is 55.6 Å². The molecular formula is C60H39NO2. The summed E-state index contributed by atoms with van der Waals surface area (Å²) in [6.45, 7) is 0. The second kappa shape index (κ2) is 15.3. The molecule has 0 fully saturated rings.